The summed E-state index contributed by atoms with van der Waals surface area (Å²) in [5.41, 5.74) is 0. The third-order valence-electron chi connectivity index (χ3n) is 2.30. The van der Waals surface area contributed by atoms with E-state index >= 15 is 0 Å². The van der Waals surface area contributed by atoms with E-state index in [0.29, 0.717) is 28.6 Å². The Kier molecular flexibility index (Phi) is 3.96. The molecule has 0 fully saturated rings. The number of hydrogen-bond donors (Lipinski definition) is 1. The van der Waals surface area contributed by atoms with Gasteiger partial charge in [0.05, 0.1) is 6.20 Å². The van der Waals surface area contributed by atoms with Gasteiger partial charge in [0.1, 0.15) is 17.7 Å². The van der Waals surface area contributed by atoms with Gasteiger partial charge in [-0.25, -0.2) is 9.97 Å². The average Bonchev–Trinajstić information content (AvgIpc) is 3.03. The molecule has 0 aliphatic heterocycles. The van der Waals surface area contributed by atoms with Crippen LogP contribution >= 0.6 is 11.8 Å². The summed E-state index contributed by atoms with van der Waals surface area (Å²) in [6.07, 6.45) is 7.83. The first-order valence-electron chi connectivity index (χ1n) is 6.14. The second-order valence-corrected chi connectivity index (χ2v) is 4.75. The van der Waals surface area contributed by atoms with Gasteiger partial charge in [0.15, 0.2) is 0 Å². The van der Waals surface area contributed by atoms with Crippen LogP contribution in [-0.2, 0) is 0 Å². The van der Waals surface area contributed by atoms with E-state index in [1.807, 2.05) is 6.92 Å². The Hall–Kier alpha value is -2.62. The molecule has 0 unspecified atom stereocenters. The van der Waals surface area contributed by atoms with Crippen molar-refractivity contribution in [3.8, 4) is 5.95 Å². The van der Waals surface area contributed by atoms with Gasteiger partial charge in [-0.1, -0.05) is 0 Å². The van der Waals surface area contributed by atoms with Gasteiger partial charge in [-0.05, 0) is 18.7 Å². The quantitative estimate of drug-likeness (QED) is 0.732. The lowest BCUT2D eigenvalue weighted by Gasteiger charge is -2.06. The smallest absolute Gasteiger partial charge is 0.257 e. The molecule has 0 amide bonds. The minimum absolute atomic E-state index is 0.393. The largest absolute Gasteiger partial charge is 0.354 e. The summed E-state index contributed by atoms with van der Waals surface area (Å²) in [4.78, 5) is 25.1. The van der Waals surface area contributed by atoms with E-state index in [2.05, 4.69) is 40.3 Å². The van der Waals surface area contributed by atoms with Gasteiger partial charge in [-0.15, -0.1) is 0 Å². The lowest BCUT2D eigenvalue weighted by atomic mass is 10.7. The van der Waals surface area contributed by atoms with Crippen LogP contribution in [0.5, 0.6) is 0 Å². The van der Waals surface area contributed by atoms with E-state index < -0.39 is 0 Å². The fraction of sp³-hybridized carbons (Fsp3) is 0.182. The first-order chi connectivity index (χ1) is 10.3. The summed E-state index contributed by atoms with van der Waals surface area (Å²) >= 11 is 1.30. The van der Waals surface area contributed by atoms with Gasteiger partial charge in [0.2, 0.25) is 11.1 Å². The molecular formula is C11H11N9S. The molecule has 3 aromatic heterocycles. The highest BCUT2D eigenvalue weighted by Crippen LogP contribution is 2.22. The molecular weight excluding hydrogens is 290 g/mol. The van der Waals surface area contributed by atoms with E-state index in [1.54, 1.807) is 18.6 Å². The number of nitrogens with one attached hydrogen (secondary N) is 1. The normalized spacial score (nSPS) is 10.5. The molecule has 0 atom stereocenters. The van der Waals surface area contributed by atoms with Crippen LogP contribution in [0.4, 0.5) is 5.95 Å². The summed E-state index contributed by atoms with van der Waals surface area (Å²) in [7, 11) is 0. The average molecular weight is 301 g/mol. The molecule has 3 aromatic rings. The molecule has 0 spiro atoms. The van der Waals surface area contributed by atoms with Crippen molar-refractivity contribution in [2.24, 2.45) is 0 Å². The van der Waals surface area contributed by atoms with Crippen molar-refractivity contribution in [1.29, 1.82) is 0 Å². The van der Waals surface area contributed by atoms with Crippen LogP contribution in [0.2, 0.25) is 0 Å². The summed E-state index contributed by atoms with van der Waals surface area (Å²) in [5, 5.41) is 8.30. The van der Waals surface area contributed by atoms with E-state index in [9.17, 15) is 0 Å². The number of hydrogen-bond acceptors (Lipinski definition) is 9. The predicted molar refractivity (Wildman–Crippen MR) is 75.1 cm³/mol. The Morgan fingerprint density at radius 2 is 2.14 bits per heavy atom. The molecule has 0 aliphatic rings. The van der Waals surface area contributed by atoms with Crippen molar-refractivity contribution in [1.82, 2.24) is 39.7 Å². The van der Waals surface area contributed by atoms with Crippen LogP contribution in [-0.4, -0.2) is 46.2 Å². The van der Waals surface area contributed by atoms with Crippen molar-refractivity contribution in [2.75, 3.05) is 11.9 Å². The van der Waals surface area contributed by atoms with E-state index in [1.165, 1.54) is 29.1 Å². The second kappa shape index (κ2) is 6.22. The minimum Gasteiger partial charge on any atom is -0.354 e. The van der Waals surface area contributed by atoms with Crippen LogP contribution in [0.3, 0.4) is 0 Å². The summed E-state index contributed by atoms with van der Waals surface area (Å²) < 4.78 is 1.48. The molecule has 106 valence electrons. The van der Waals surface area contributed by atoms with Gasteiger partial charge < -0.3 is 5.32 Å². The Labute approximate surface area is 124 Å². The first kappa shape index (κ1) is 13.4. The Bertz CT molecular complexity index is 701. The van der Waals surface area contributed by atoms with E-state index in [4.69, 9.17) is 0 Å². The van der Waals surface area contributed by atoms with Crippen molar-refractivity contribution in [3.05, 3.63) is 31.2 Å². The fourth-order valence-electron chi connectivity index (χ4n) is 1.47. The highest BCUT2D eigenvalue weighted by atomic mass is 32.2. The lowest BCUT2D eigenvalue weighted by molar-refractivity contribution is 0.758. The maximum Gasteiger partial charge on any atom is 0.257 e. The van der Waals surface area contributed by atoms with Crippen LogP contribution in [0.15, 0.2) is 41.4 Å². The van der Waals surface area contributed by atoms with Gasteiger partial charge >= 0.3 is 0 Å². The van der Waals surface area contributed by atoms with Crippen LogP contribution in [0.25, 0.3) is 5.95 Å². The topological polar surface area (TPSA) is 107 Å². The minimum atomic E-state index is 0.393. The zero-order valence-electron chi connectivity index (χ0n) is 11.1. The van der Waals surface area contributed by atoms with Gasteiger partial charge in [0.25, 0.3) is 5.95 Å². The molecule has 3 heterocycles. The number of rotatable bonds is 5. The Morgan fingerprint density at radius 1 is 1.19 bits per heavy atom. The number of aromatic nitrogens is 8. The molecule has 0 aromatic carbocycles. The highest BCUT2D eigenvalue weighted by molar-refractivity contribution is 7.99. The highest BCUT2D eigenvalue weighted by Gasteiger charge is 2.10. The van der Waals surface area contributed by atoms with E-state index in [0.717, 1.165) is 0 Å². The first-order valence-corrected chi connectivity index (χ1v) is 6.95. The van der Waals surface area contributed by atoms with E-state index in [-0.39, 0.29) is 0 Å². The van der Waals surface area contributed by atoms with Crippen LogP contribution in [0, 0.1) is 0 Å². The summed E-state index contributed by atoms with van der Waals surface area (Å²) in [6.45, 7) is 2.67. The van der Waals surface area contributed by atoms with Crippen LogP contribution in [0.1, 0.15) is 6.92 Å². The molecule has 3 rings (SSSR count). The van der Waals surface area contributed by atoms with Crippen molar-refractivity contribution in [2.45, 2.75) is 17.1 Å². The summed E-state index contributed by atoms with van der Waals surface area (Å²) in [5.74, 6) is 0.870. The van der Waals surface area contributed by atoms with Crippen molar-refractivity contribution >= 4 is 17.7 Å². The molecule has 0 bridgehead atoms. The summed E-state index contributed by atoms with van der Waals surface area (Å²) in [6, 6.07) is 0. The van der Waals surface area contributed by atoms with Crippen molar-refractivity contribution < 1.29 is 0 Å². The lowest BCUT2D eigenvalue weighted by Crippen LogP contribution is -2.09. The molecule has 0 radical (unpaired) electrons. The third kappa shape index (κ3) is 3.28. The van der Waals surface area contributed by atoms with Gasteiger partial charge in [-0.2, -0.15) is 24.7 Å². The van der Waals surface area contributed by atoms with Crippen molar-refractivity contribution in [3.63, 3.8) is 0 Å². The zero-order chi connectivity index (χ0) is 14.5. The second-order valence-electron chi connectivity index (χ2n) is 3.76. The fourth-order valence-corrected chi connectivity index (χ4v) is 2.15. The predicted octanol–water partition coefficient (Wildman–Crippen LogP) is 0.825. The molecule has 0 aliphatic carbocycles. The Morgan fingerprint density at radius 3 is 2.86 bits per heavy atom. The molecule has 0 saturated carbocycles. The molecule has 1 N–H and O–H groups in total. The molecule has 10 heteroatoms. The maximum absolute atomic E-state index is 4.35. The van der Waals surface area contributed by atoms with Gasteiger partial charge in [-0.3, -0.25) is 4.98 Å². The molecule has 21 heavy (non-hydrogen) atoms. The SMILES string of the molecule is CCNc1nc(Sc2cnccn2)nc(-n2cncn2)n1. The van der Waals surface area contributed by atoms with Crippen LogP contribution < -0.4 is 5.32 Å². The molecule has 0 saturated heterocycles. The third-order valence-corrected chi connectivity index (χ3v) is 3.08. The Balaban J connectivity index is 1.95. The molecule has 9 nitrogen and oxygen atoms in total. The maximum atomic E-state index is 4.35. The number of anilines is 1. The standard InChI is InChI=1S/C11H11N9S/c1-2-14-9-17-10(20-7-13-6-16-20)19-11(18-9)21-8-5-12-3-4-15-8/h3-7H,2H2,1H3,(H,14,17,18,19). The monoisotopic (exact) mass is 301 g/mol. The van der Waals surface area contributed by atoms with Gasteiger partial charge in [0, 0.05) is 18.9 Å². The zero-order valence-corrected chi connectivity index (χ0v) is 11.9. The number of nitrogens with zero attached hydrogens (tertiary/aromatic N) is 8.